The summed E-state index contributed by atoms with van der Waals surface area (Å²) in [6.45, 7) is 6.91. The number of rotatable bonds is 4. The van der Waals surface area contributed by atoms with Crippen molar-refractivity contribution < 1.29 is 13.2 Å². The van der Waals surface area contributed by atoms with Crippen LogP contribution in [0.5, 0.6) is 0 Å². The van der Waals surface area contributed by atoms with Gasteiger partial charge in [0.05, 0.1) is 4.90 Å². The van der Waals surface area contributed by atoms with E-state index in [1.165, 1.54) is 5.56 Å². The van der Waals surface area contributed by atoms with E-state index >= 15 is 0 Å². The Balaban J connectivity index is 1.59. The molecule has 1 fully saturated rings. The molecule has 1 amide bonds. The fraction of sp³-hybridized carbons (Fsp3) is 0.409. The van der Waals surface area contributed by atoms with E-state index < -0.39 is 10.0 Å². The van der Waals surface area contributed by atoms with Gasteiger partial charge >= 0.3 is 0 Å². The van der Waals surface area contributed by atoms with Crippen molar-refractivity contribution in [2.75, 3.05) is 11.3 Å². The zero-order valence-corrected chi connectivity index (χ0v) is 17.4. The summed E-state index contributed by atoms with van der Waals surface area (Å²) in [7, 11) is -3.68. The minimum absolute atomic E-state index is 0.204. The maximum atomic E-state index is 13.0. The molecule has 5 nitrogen and oxygen atoms in total. The third-order valence-electron chi connectivity index (χ3n) is 5.58. The summed E-state index contributed by atoms with van der Waals surface area (Å²) in [4.78, 5) is 14.6. The molecule has 1 heterocycles. The molecule has 28 heavy (non-hydrogen) atoms. The topological polar surface area (TPSA) is 66.5 Å². The van der Waals surface area contributed by atoms with E-state index in [2.05, 4.69) is 4.72 Å². The van der Waals surface area contributed by atoms with E-state index in [4.69, 9.17) is 0 Å². The van der Waals surface area contributed by atoms with Gasteiger partial charge in [-0.25, -0.2) is 8.42 Å². The summed E-state index contributed by atoms with van der Waals surface area (Å²) in [6, 6.07) is 9.43. The third-order valence-corrected chi connectivity index (χ3v) is 7.27. The summed E-state index contributed by atoms with van der Waals surface area (Å²) < 4.78 is 28.8. The molecule has 0 aromatic heterocycles. The Kier molecular flexibility index (Phi) is 4.70. The number of nitrogens with zero attached hydrogens (tertiary/aromatic N) is 1. The Labute approximate surface area is 166 Å². The molecule has 0 unspecified atom stereocenters. The van der Waals surface area contributed by atoms with Crippen LogP contribution >= 0.6 is 0 Å². The second-order valence-electron chi connectivity index (χ2n) is 8.10. The van der Waals surface area contributed by atoms with E-state index in [0.717, 1.165) is 48.1 Å². The van der Waals surface area contributed by atoms with Gasteiger partial charge in [0.2, 0.25) is 5.91 Å². The second-order valence-corrected chi connectivity index (χ2v) is 9.72. The second kappa shape index (κ2) is 6.92. The van der Waals surface area contributed by atoms with Crippen molar-refractivity contribution >= 4 is 21.6 Å². The molecule has 2 aromatic rings. The van der Waals surface area contributed by atoms with Crippen LogP contribution in [0.2, 0.25) is 0 Å². The number of nitrogens with one attached hydrogen (secondary N) is 1. The Hall–Kier alpha value is -2.34. The standard InChI is InChI=1S/C22H26N2O3S/c1-14-10-15(2)21(16(3)11-14)28(26,27)23-20-7-6-17-8-9-24(13-19(17)12-20)22(25)18-4-5-18/h6-7,10-12,18,23H,4-5,8-9,13H2,1-3H3. The third kappa shape index (κ3) is 3.65. The molecule has 1 saturated carbocycles. The van der Waals surface area contributed by atoms with Crippen LogP contribution in [-0.2, 0) is 27.8 Å². The fourth-order valence-corrected chi connectivity index (χ4v) is 5.70. The summed E-state index contributed by atoms with van der Waals surface area (Å²) in [6.07, 6.45) is 2.81. The molecule has 0 spiro atoms. The first-order valence-electron chi connectivity index (χ1n) is 9.76. The van der Waals surface area contributed by atoms with Gasteiger partial charge in [0, 0.05) is 24.7 Å². The van der Waals surface area contributed by atoms with Crippen molar-refractivity contribution in [2.24, 2.45) is 5.92 Å². The first kappa shape index (κ1) is 19.0. The highest BCUT2D eigenvalue weighted by molar-refractivity contribution is 7.92. The fourth-order valence-electron chi connectivity index (χ4n) is 4.19. The van der Waals surface area contributed by atoms with Crippen molar-refractivity contribution in [3.63, 3.8) is 0 Å². The molecule has 4 rings (SSSR count). The smallest absolute Gasteiger partial charge is 0.262 e. The van der Waals surface area contributed by atoms with Crippen molar-refractivity contribution in [3.8, 4) is 0 Å². The number of hydrogen-bond acceptors (Lipinski definition) is 3. The number of fused-ring (bicyclic) bond motifs is 1. The lowest BCUT2D eigenvalue weighted by atomic mass is 9.99. The average Bonchev–Trinajstić information content (AvgIpc) is 3.44. The van der Waals surface area contributed by atoms with E-state index in [0.29, 0.717) is 17.1 Å². The van der Waals surface area contributed by atoms with Crippen LogP contribution in [0.1, 0.15) is 40.7 Å². The van der Waals surface area contributed by atoms with Crippen molar-refractivity contribution in [3.05, 3.63) is 58.1 Å². The van der Waals surface area contributed by atoms with Crippen LogP contribution in [0.25, 0.3) is 0 Å². The van der Waals surface area contributed by atoms with Crippen molar-refractivity contribution in [1.82, 2.24) is 4.90 Å². The van der Waals surface area contributed by atoms with Crippen LogP contribution in [-0.4, -0.2) is 25.8 Å². The van der Waals surface area contributed by atoms with E-state index in [-0.39, 0.29) is 11.8 Å². The number of carbonyl (C=O) groups is 1. The first-order chi connectivity index (χ1) is 13.2. The highest BCUT2D eigenvalue weighted by Gasteiger charge is 2.34. The van der Waals surface area contributed by atoms with Crippen LogP contribution in [0.3, 0.4) is 0 Å². The van der Waals surface area contributed by atoms with Gasteiger partial charge < -0.3 is 4.90 Å². The zero-order valence-electron chi connectivity index (χ0n) is 16.6. The van der Waals surface area contributed by atoms with Gasteiger partial charge in [0.25, 0.3) is 10.0 Å². The quantitative estimate of drug-likeness (QED) is 0.854. The molecule has 1 aliphatic heterocycles. The van der Waals surface area contributed by atoms with E-state index in [9.17, 15) is 13.2 Å². The van der Waals surface area contributed by atoms with Gasteiger partial charge in [-0.15, -0.1) is 0 Å². The predicted molar refractivity (Wildman–Crippen MR) is 110 cm³/mol. The minimum Gasteiger partial charge on any atom is -0.338 e. The molecule has 2 aromatic carbocycles. The number of amides is 1. The molecular weight excluding hydrogens is 372 g/mol. The van der Waals surface area contributed by atoms with Gasteiger partial charge in [-0.2, -0.15) is 0 Å². The summed E-state index contributed by atoms with van der Waals surface area (Å²) in [5.41, 5.74) is 5.28. The molecule has 2 aliphatic rings. The summed E-state index contributed by atoms with van der Waals surface area (Å²) in [5.74, 6) is 0.443. The van der Waals surface area contributed by atoms with Gasteiger partial charge in [-0.3, -0.25) is 9.52 Å². The summed E-state index contributed by atoms with van der Waals surface area (Å²) >= 11 is 0. The Morgan fingerprint density at radius 2 is 1.71 bits per heavy atom. The minimum atomic E-state index is -3.68. The summed E-state index contributed by atoms with van der Waals surface area (Å²) in [5, 5.41) is 0. The first-order valence-corrected chi connectivity index (χ1v) is 11.2. The predicted octanol–water partition coefficient (Wildman–Crippen LogP) is 3.71. The molecule has 0 atom stereocenters. The lowest BCUT2D eigenvalue weighted by Gasteiger charge is -2.29. The Morgan fingerprint density at radius 1 is 1.04 bits per heavy atom. The van der Waals surface area contributed by atoms with Crippen LogP contribution in [0, 0.1) is 26.7 Å². The van der Waals surface area contributed by atoms with Crippen LogP contribution < -0.4 is 4.72 Å². The Bertz CT molecular complexity index is 1030. The van der Waals surface area contributed by atoms with Crippen LogP contribution in [0.4, 0.5) is 5.69 Å². The van der Waals surface area contributed by atoms with E-state index in [1.54, 1.807) is 0 Å². The maximum Gasteiger partial charge on any atom is 0.262 e. The van der Waals surface area contributed by atoms with Gasteiger partial charge in [-0.05, 0) is 74.4 Å². The highest BCUT2D eigenvalue weighted by Crippen LogP contribution is 2.33. The number of sulfonamides is 1. The maximum absolute atomic E-state index is 13.0. The molecule has 1 aliphatic carbocycles. The Morgan fingerprint density at radius 3 is 2.36 bits per heavy atom. The zero-order chi connectivity index (χ0) is 20.1. The lowest BCUT2D eigenvalue weighted by molar-refractivity contribution is -0.133. The number of anilines is 1. The lowest BCUT2D eigenvalue weighted by Crippen LogP contribution is -2.36. The highest BCUT2D eigenvalue weighted by atomic mass is 32.2. The molecule has 1 N–H and O–H groups in total. The van der Waals surface area contributed by atoms with Crippen molar-refractivity contribution in [2.45, 2.75) is 51.5 Å². The van der Waals surface area contributed by atoms with Gasteiger partial charge in [0.15, 0.2) is 0 Å². The van der Waals surface area contributed by atoms with Gasteiger partial charge in [-0.1, -0.05) is 23.8 Å². The molecule has 148 valence electrons. The molecule has 0 saturated heterocycles. The number of benzene rings is 2. The van der Waals surface area contributed by atoms with E-state index in [1.807, 2.05) is 56.0 Å². The monoisotopic (exact) mass is 398 g/mol. The molecule has 6 heteroatoms. The number of carbonyl (C=O) groups excluding carboxylic acids is 1. The molecular formula is C22H26N2O3S. The number of hydrogen-bond donors (Lipinski definition) is 1. The van der Waals surface area contributed by atoms with Gasteiger partial charge in [0.1, 0.15) is 0 Å². The van der Waals surface area contributed by atoms with Crippen LogP contribution in [0.15, 0.2) is 35.2 Å². The average molecular weight is 399 g/mol. The molecule has 0 bridgehead atoms. The number of aryl methyl sites for hydroxylation is 3. The normalized spacial score (nSPS) is 16.6. The van der Waals surface area contributed by atoms with Crippen molar-refractivity contribution in [1.29, 1.82) is 0 Å². The SMILES string of the molecule is Cc1cc(C)c(S(=O)(=O)Nc2ccc3c(c2)CN(C(=O)C2CC2)CC3)c(C)c1. The largest absolute Gasteiger partial charge is 0.338 e. The molecule has 0 radical (unpaired) electrons.